The normalized spacial score (nSPS) is 19.7. The maximum atomic E-state index is 7.55. The average molecular weight is 594 g/mol. The third-order valence-electron chi connectivity index (χ3n) is 9.12. The molecule has 0 radical (unpaired) electrons. The summed E-state index contributed by atoms with van der Waals surface area (Å²) in [5.74, 6) is 0.225. The summed E-state index contributed by atoms with van der Waals surface area (Å²) in [6.45, 7) is 14.6. The standard InChI is InChI=1S/C37H47NO2Si2/c1-36(2,3)41(30-19-11-7-12-20-30,31-21-13-8-14-22-31)39-28-29-27-34(38)35(29)40-42(37(4,5)6,32-23-15-9-16-24-32)33-25-17-10-18-26-33/h7-26,29,34-35H,27-28,38H2,1-6H3. The number of nitrogens with two attached hydrogens (primary N) is 1. The smallest absolute Gasteiger partial charge is 0.261 e. The highest BCUT2D eigenvalue weighted by Gasteiger charge is 2.56. The van der Waals surface area contributed by atoms with Crippen LogP contribution in [0.2, 0.25) is 10.1 Å². The predicted octanol–water partition coefficient (Wildman–Crippen LogP) is 5.86. The van der Waals surface area contributed by atoms with E-state index in [4.69, 9.17) is 14.6 Å². The van der Waals surface area contributed by atoms with Crippen LogP contribution in [-0.2, 0) is 8.85 Å². The van der Waals surface area contributed by atoms with Crippen molar-refractivity contribution >= 4 is 37.4 Å². The summed E-state index contributed by atoms with van der Waals surface area (Å²) in [5.41, 5.74) is 6.82. The molecule has 42 heavy (non-hydrogen) atoms. The second-order valence-electron chi connectivity index (χ2n) is 13.9. The van der Waals surface area contributed by atoms with Gasteiger partial charge in [0, 0.05) is 18.6 Å². The lowest BCUT2D eigenvalue weighted by molar-refractivity contribution is -0.0116. The molecule has 0 aliphatic heterocycles. The Morgan fingerprint density at radius 3 is 1.21 bits per heavy atom. The molecule has 1 aliphatic carbocycles. The van der Waals surface area contributed by atoms with Crippen LogP contribution in [-0.4, -0.2) is 35.4 Å². The first-order valence-electron chi connectivity index (χ1n) is 15.3. The maximum Gasteiger partial charge on any atom is 0.261 e. The van der Waals surface area contributed by atoms with Gasteiger partial charge < -0.3 is 14.6 Å². The largest absolute Gasteiger partial charge is 0.407 e. The molecule has 1 fully saturated rings. The lowest BCUT2D eigenvalue weighted by atomic mass is 9.78. The molecule has 0 saturated heterocycles. The van der Waals surface area contributed by atoms with E-state index in [1.807, 2.05) is 0 Å². The van der Waals surface area contributed by atoms with Gasteiger partial charge in [-0.05, 0) is 37.2 Å². The monoisotopic (exact) mass is 593 g/mol. The fourth-order valence-electron chi connectivity index (χ4n) is 7.01. The number of hydrogen-bond donors (Lipinski definition) is 1. The molecule has 3 atom stereocenters. The van der Waals surface area contributed by atoms with Crippen LogP contribution in [0.5, 0.6) is 0 Å². The first kappa shape index (κ1) is 30.6. The van der Waals surface area contributed by atoms with Crippen molar-refractivity contribution in [3.63, 3.8) is 0 Å². The number of rotatable bonds is 9. The van der Waals surface area contributed by atoms with Crippen molar-refractivity contribution in [2.24, 2.45) is 11.7 Å². The molecule has 0 amide bonds. The van der Waals surface area contributed by atoms with Gasteiger partial charge >= 0.3 is 0 Å². The van der Waals surface area contributed by atoms with Crippen molar-refractivity contribution in [1.29, 1.82) is 0 Å². The summed E-state index contributed by atoms with van der Waals surface area (Å²) in [6.07, 6.45) is 0.829. The molecular weight excluding hydrogens is 547 g/mol. The van der Waals surface area contributed by atoms with Gasteiger partial charge in [0.2, 0.25) is 0 Å². The summed E-state index contributed by atoms with van der Waals surface area (Å²) < 4.78 is 14.9. The van der Waals surface area contributed by atoms with Crippen LogP contribution in [0.15, 0.2) is 121 Å². The van der Waals surface area contributed by atoms with E-state index in [-0.39, 0.29) is 28.1 Å². The molecule has 3 unspecified atom stereocenters. The third kappa shape index (κ3) is 5.49. The van der Waals surface area contributed by atoms with Gasteiger partial charge in [0.15, 0.2) is 0 Å². The van der Waals surface area contributed by atoms with Crippen molar-refractivity contribution in [3.8, 4) is 0 Å². The Morgan fingerprint density at radius 1 is 0.571 bits per heavy atom. The van der Waals surface area contributed by atoms with Crippen LogP contribution in [0, 0.1) is 5.92 Å². The zero-order valence-corrected chi connectivity index (χ0v) is 28.1. The molecule has 0 aromatic heterocycles. The average Bonchev–Trinajstić information content (AvgIpc) is 2.98. The van der Waals surface area contributed by atoms with E-state index in [1.165, 1.54) is 20.7 Å². The second-order valence-corrected chi connectivity index (χ2v) is 22.4. The van der Waals surface area contributed by atoms with Crippen molar-refractivity contribution in [1.82, 2.24) is 0 Å². The summed E-state index contributed by atoms with van der Waals surface area (Å²) in [6, 6.07) is 43.5. The lowest BCUT2D eigenvalue weighted by Gasteiger charge is -2.52. The van der Waals surface area contributed by atoms with Crippen LogP contribution in [0.3, 0.4) is 0 Å². The molecule has 0 bridgehead atoms. The van der Waals surface area contributed by atoms with Crippen LogP contribution in [0.4, 0.5) is 0 Å². The fraction of sp³-hybridized carbons (Fsp3) is 0.351. The SMILES string of the molecule is CC(C)(C)[Si](OCC1CC(N)C1O[Si](c1ccccc1)(c1ccccc1)C(C)(C)C)(c1ccccc1)c1ccccc1. The predicted molar refractivity (Wildman–Crippen MR) is 182 cm³/mol. The lowest BCUT2D eigenvalue weighted by Crippen LogP contribution is -2.72. The van der Waals surface area contributed by atoms with Crippen LogP contribution in [0.1, 0.15) is 48.0 Å². The minimum atomic E-state index is -2.73. The highest BCUT2D eigenvalue weighted by molar-refractivity contribution is 7.00. The van der Waals surface area contributed by atoms with Gasteiger partial charge in [-0.1, -0.05) is 163 Å². The van der Waals surface area contributed by atoms with E-state index in [1.54, 1.807) is 0 Å². The maximum absolute atomic E-state index is 7.55. The molecular formula is C37H47NO2Si2. The Morgan fingerprint density at radius 2 is 0.905 bits per heavy atom. The minimum absolute atomic E-state index is 0.0144. The van der Waals surface area contributed by atoms with E-state index in [2.05, 4.69) is 163 Å². The highest BCUT2D eigenvalue weighted by Crippen LogP contribution is 2.43. The molecule has 0 spiro atoms. The molecule has 1 saturated carbocycles. The Balaban J connectivity index is 1.53. The molecule has 2 N–H and O–H groups in total. The number of hydrogen-bond acceptors (Lipinski definition) is 3. The van der Waals surface area contributed by atoms with Gasteiger partial charge in [0.1, 0.15) is 0 Å². The first-order chi connectivity index (χ1) is 20.0. The van der Waals surface area contributed by atoms with Gasteiger partial charge in [-0.3, -0.25) is 0 Å². The van der Waals surface area contributed by atoms with Gasteiger partial charge in [-0.15, -0.1) is 0 Å². The van der Waals surface area contributed by atoms with Crippen LogP contribution >= 0.6 is 0 Å². The summed E-state index contributed by atoms with van der Waals surface area (Å²) in [4.78, 5) is 0. The zero-order valence-electron chi connectivity index (χ0n) is 26.1. The van der Waals surface area contributed by atoms with E-state index >= 15 is 0 Å². The molecule has 0 heterocycles. The summed E-state index contributed by atoms with van der Waals surface area (Å²) >= 11 is 0. The molecule has 1 aliphatic rings. The van der Waals surface area contributed by atoms with Gasteiger partial charge in [0.25, 0.3) is 16.6 Å². The first-order valence-corrected chi connectivity index (χ1v) is 19.1. The molecule has 220 valence electrons. The van der Waals surface area contributed by atoms with E-state index in [0.717, 1.165) is 6.42 Å². The molecule has 4 aromatic rings. The second kappa shape index (κ2) is 12.1. The zero-order chi connectivity index (χ0) is 30.0. The topological polar surface area (TPSA) is 44.5 Å². The van der Waals surface area contributed by atoms with Gasteiger partial charge in [0.05, 0.1) is 6.10 Å². The Kier molecular flexibility index (Phi) is 8.80. The Bertz CT molecular complexity index is 1340. The number of benzene rings is 4. The molecule has 4 aromatic carbocycles. The summed E-state index contributed by atoms with van der Waals surface area (Å²) in [7, 11) is -5.38. The third-order valence-corrected chi connectivity index (χ3v) is 19.2. The molecule has 5 rings (SSSR count). The van der Waals surface area contributed by atoms with Crippen molar-refractivity contribution in [2.45, 2.75) is 70.2 Å². The minimum Gasteiger partial charge on any atom is -0.407 e. The van der Waals surface area contributed by atoms with Gasteiger partial charge in [-0.2, -0.15) is 0 Å². The van der Waals surface area contributed by atoms with E-state index in [0.29, 0.717) is 6.61 Å². The Labute approximate surface area is 255 Å². The van der Waals surface area contributed by atoms with Crippen molar-refractivity contribution in [2.75, 3.05) is 6.61 Å². The van der Waals surface area contributed by atoms with Crippen LogP contribution in [0.25, 0.3) is 0 Å². The van der Waals surface area contributed by atoms with E-state index in [9.17, 15) is 0 Å². The van der Waals surface area contributed by atoms with Crippen molar-refractivity contribution < 1.29 is 8.85 Å². The quantitative estimate of drug-likeness (QED) is 0.248. The Hall–Kier alpha value is -2.81. The molecule has 5 heteroatoms. The van der Waals surface area contributed by atoms with E-state index < -0.39 is 16.6 Å². The van der Waals surface area contributed by atoms with Crippen LogP contribution < -0.4 is 26.5 Å². The van der Waals surface area contributed by atoms with Gasteiger partial charge in [-0.25, -0.2) is 0 Å². The fourth-order valence-corrected chi connectivity index (χ4v) is 16.4. The highest BCUT2D eigenvalue weighted by atomic mass is 28.4. The summed E-state index contributed by atoms with van der Waals surface area (Å²) in [5, 5.41) is 5.00. The van der Waals surface area contributed by atoms with Crippen molar-refractivity contribution in [3.05, 3.63) is 121 Å². The molecule has 3 nitrogen and oxygen atoms in total.